The maximum absolute atomic E-state index is 5.59. The Morgan fingerprint density at radius 2 is 1.41 bits per heavy atom. The van der Waals surface area contributed by atoms with Gasteiger partial charge in [0.1, 0.15) is 5.82 Å². The van der Waals surface area contributed by atoms with Crippen LogP contribution >= 0.6 is 0 Å². The first kappa shape index (κ1) is 28.6. The molecule has 208 valence electrons. The quantitative estimate of drug-likeness (QED) is 0.149. The smallest absolute Gasteiger partial charge is 0.162 e. The number of nitrogens with zero attached hydrogens (tertiary/aromatic N) is 3. The number of rotatable bonds is 16. The van der Waals surface area contributed by atoms with Gasteiger partial charge in [-0.3, -0.25) is 0 Å². The molecule has 0 radical (unpaired) electrons. The highest BCUT2D eigenvalue weighted by atomic mass is 16.5. The van der Waals surface area contributed by atoms with Gasteiger partial charge in [-0.25, -0.2) is 9.97 Å². The number of aromatic nitrogens is 2. The minimum Gasteiger partial charge on any atom is -0.493 e. The average molecular weight is 529 g/mol. The second-order valence-electron chi connectivity index (χ2n) is 10.2. The molecular formula is C33H44N4O2. The summed E-state index contributed by atoms with van der Waals surface area (Å²) in [5.41, 5.74) is 1.82. The first-order valence-electron chi connectivity index (χ1n) is 14.6. The van der Waals surface area contributed by atoms with Crippen molar-refractivity contribution >= 4 is 27.5 Å². The van der Waals surface area contributed by atoms with Crippen LogP contribution in [0, 0.1) is 0 Å². The molecule has 0 unspecified atom stereocenters. The van der Waals surface area contributed by atoms with Crippen LogP contribution in [0.25, 0.3) is 33.1 Å². The lowest BCUT2D eigenvalue weighted by Crippen LogP contribution is -2.27. The van der Waals surface area contributed by atoms with Gasteiger partial charge in [-0.05, 0) is 68.2 Å². The van der Waals surface area contributed by atoms with Gasteiger partial charge in [0.2, 0.25) is 0 Å². The van der Waals surface area contributed by atoms with E-state index in [-0.39, 0.29) is 0 Å². The molecule has 0 amide bonds. The van der Waals surface area contributed by atoms with E-state index >= 15 is 0 Å². The third-order valence-corrected chi connectivity index (χ3v) is 7.31. The van der Waals surface area contributed by atoms with Crippen molar-refractivity contribution in [3.05, 3.63) is 54.6 Å². The standard InChI is InChI=1S/C33H44N4O2/c1-5-7-19-37(20-8-6-2)21-13-9-12-18-34-33-28-23-30(38-3)31(39-4)24-29(28)35-32(36-33)27-17-16-25-14-10-11-15-26(25)22-27/h10-11,14-17,22-24H,5-9,12-13,18-21H2,1-4H3,(H,34,35,36). The molecule has 4 rings (SSSR count). The molecule has 0 aliphatic carbocycles. The lowest BCUT2D eigenvalue weighted by atomic mass is 10.1. The SMILES string of the molecule is CCCCN(CCCC)CCCCCNc1nc(-c2ccc3ccccc3c2)nc2cc(OC)c(OC)cc12. The van der Waals surface area contributed by atoms with E-state index in [9.17, 15) is 0 Å². The van der Waals surface area contributed by atoms with E-state index in [1.54, 1.807) is 14.2 Å². The highest BCUT2D eigenvalue weighted by Crippen LogP contribution is 2.35. The molecule has 1 heterocycles. The summed E-state index contributed by atoms with van der Waals surface area (Å²) in [4.78, 5) is 12.6. The van der Waals surface area contributed by atoms with Crippen LogP contribution in [0.3, 0.4) is 0 Å². The number of fused-ring (bicyclic) bond motifs is 2. The first-order valence-corrected chi connectivity index (χ1v) is 14.6. The number of unbranched alkanes of at least 4 members (excludes halogenated alkanes) is 4. The van der Waals surface area contributed by atoms with Gasteiger partial charge >= 0.3 is 0 Å². The van der Waals surface area contributed by atoms with Crippen molar-refractivity contribution in [2.45, 2.75) is 58.8 Å². The molecule has 39 heavy (non-hydrogen) atoms. The van der Waals surface area contributed by atoms with Crippen LogP contribution in [-0.2, 0) is 0 Å². The molecule has 0 aliphatic rings. The Hall–Kier alpha value is -3.38. The Bertz CT molecular complexity index is 1330. The number of methoxy groups -OCH3 is 2. The number of hydrogen-bond acceptors (Lipinski definition) is 6. The van der Waals surface area contributed by atoms with Gasteiger partial charge in [-0.15, -0.1) is 0 Å². The molecule has 4 aromatic rings. The summed E-state index contributed by atoms with van der Waals surface area (Å²) >= 11 is 0. The van der Waals surface area contributed by atoms with Crippen molar-refractivity contribution < 1.29 is 9.47 Å². The minimum atomic E-state index is 0.662. The van der Waals surface area contributed by atoms with E-state index in [0.717, 1.165) is 35.2 Å². The van der Waals surface area contributed by atoms with Crippen LogP contribution in [0.1, 0.15) is 58.8 Å². The van der Waals surface area contributed by atoms with Gasteiger partial charge in [-0.1, -0.05) is 69.5 Å². The lowest BCUT2D eigenvalue weighted by Gasteiger charge is -2.21. The van der Waals surface area contributed by atoms with Gasteiger partial charge in [0.05, 0.1) is 19.7 Å². The Kier molecular flexibility index (Phi) is 10.8. The number of ether oxygens (including phenoxy) is 2. The number of hydrogen-bond donors (Lipinski definition) is 1. The summed E-state index contributed by atoms with van der Waals surface area (Å²) in [6.07, 6.45) is 8.63. The Morgan fingerprint density at radius 1 is 0.718 bits per heavy atom. The minimum absolute atomic E-state index is 0.662. The molecular weight excluding hydrogens is 484 g/mol. The monoisotopic (exact) mass is 528 g/mol. The van der Waals surface area contributed by atoms with Crippen molar-refractivity contribution in [3.63, 3.8) is 0 Å². The molecule has 1 aromatic heterocycles. The van der Waals surface area contributed by atoms with Crippen LogP contribution in [0.2, 0.25) is 0 Å². The fraction of sp³-hybridized carbons (Fsp3) is 0.455. The highest BCUT2D eigenvalue weighted by Gasteiger charge is 2.15. The Labute approximate surface area is 233 Å². The van der Waals surface area contributed by atoms with Crippen LogP contribution in [0.15, 0.2) is 54.6 Å². The van der Waals surface area contributed by atoms with E-state index in [0.29, 0.717) is 17.3 Å². The van der Waals surface area contributed by atoms with Crippen molar-refractivity contribution in [1.82, 2.24) is 14.9 Å². The van der Waals surface area contributed by atoms with Crippen LogP contribution < -0.4 is 14.8 Å². The summed E-state index contributed by atoms with van der Waals surface area (Å²) in [7, 11) is 3.31. The summed E-state index contributed by atoms with van der Waals surface area (Å²) in [6.45, 7) is 9.06. The first-order chi connectivity index (χ1) is 19.2. The zero-order chi connectivity index (χ0) is 27.5. The topological polar surface area (TPSA) is 59.5 Å². The van der Waals surface area contributed by atoms with Crippen molar-refractivity contribution in [2.75, 3.05) is 45.7 Å². The van der Waals surface area contributed by atoms with Gasteiger partial charge in [0, 0.05) is 23.6 Å². The number of nitrogens with one attached hydrogen (secondary N) is 1. The van der Waals surface area contributed by atoms with Crippen molar-refractivity contribution in [2.24, 2.45) is 0 Å². The molecule has 6 nitrogen and oxygen atoms in total. The normalized spacial score (nSPS) is 11.4. The van der Waals surface area contributed by atoms with Gasteiger partial charge in [0.25, 0.3) is 0 Å². The lowest BCUT2D eigenvalue weighted by molar-refractivity contribution is 0.259. The van der Waals surface area contributed by atoms with E-state index in [1.165, 1.54) is 68.9 Å². The summed E-state index contributed by atoms with van der Waals surface area (Å²) in [5, 5.41) is 6.93. The Morgan fingerprint density at radius 3 is 2.13 bits per heavy atom. The average Bonchev–Trinajstić information content (AvgIpc) is 2.98. The largest absolute Gasteiger partial charge is 0.493 e. The zero-order valence-electron chi connectivity index (χ0n) is 24.1. The maximum Gasteiger partial charge on any atom is 0.162 e. The molecule has 0 bridgehead atoms. The molecule has 0 fully saturated rings. The molecule has 0 atom stereocenters. The highest BCUT2D eigenvalue weighted by molar-refractivity contribution is 5.94. The fourth-order valence-corrected chi connectivity index (χ4v) is 4.99. The molecule has 0 saturated carbocycles. The predicted octanol–water partition coefficient (Wildman–Crippen LogP) is 7.95. The molecule has 0 aliphatic heterocycles. The summed E-state index contributed by atoms with van der Waals surface area (Å²) in [5.74, 6) is 2.87. The van der Waals surface area contributed by atoms with Crippen molar-refractivity contribution in [1.29, 1.82) is 0 Å². The fourth-order valence-electron chi connectivity index (χ4n) is 4.99. The van der Waals surface area contributed by atoms with Gasteiger partial charge in [-0.2, -0.15) is 0 Å². The second-order valence-corrected chi connectivity index (χ2v) is 10.2. The van der Waals surface area contributed by atoms with Gasteiger partial charge in [0.15, 0.2) is 17.3 Å². The summed E-state index contributed by atoms with van der Waals surface area (Å²) in [6, 6.07) is 18.7. The predicted molar refractivity (Wildman–Crippen MR) is 164 cm³/mol. The maximum atomic E-state index is 5.59. The summed E-state index contributed by atoms with van der Waals surface area (Å²) < 4.78 is 11.2. The van der Waals surface area contributed by atoms with E-state index in [4.69, 9.17) is 19.4 Å². The van der Waals surface area contributed by atoms with E-state index in [1.807, 2.05) is 12.1 Å². The van der Waals surface area contributed by atoms with E-state index < -0.39 is 0 Å². The van der Waals surface area contributed by atoms with Gasteiger partial charge < -0.3 is 19.7 Å². The van der Waals surface area contributed by atoms with Crippen molar-refractivity contribution in [3.8, 4) is 22.9 Å². The molecule has 0 spiro atoms. The zero-order valence-corrected chi connectivity index (χ0v) is 24.1. The second kappa shape index (κ2) is 14.7. The Balaban J connectivity index is 1.50. The molecule has 0 saturated heterocycles. The van der Waals surface area contributed by atoms with Crippen LogP contribution in [-0.4, -0.2) is 55.3 Å². The molecule has 1 N–H and O–H groups in total. The van der Waals surface area contributed by atoms with Crippen LogP contribution in [0.4, 0.5) is 5.82 Å². The van der Waals surface area contributed by atoms with Crippen LogP contribution in [0.5, 0.6) is 11.5 Å². The third-order valence-electron chi connectivity index (χ3n) is 7.31. The van der Waals surface area contributed by atoms with E-state index in [2.05, 4.69) is 66.5 Å². The number of anilines is 1. The molecule has 3 aromatic carbocycles. The number of benzene rings is 3. The molecule has 6 heteroatoms. The third kappa shape index (κ3) is 7.60.